The van der Waals surface area contributed by atoms with Gasteiger partial charge in [-0.15, -0.1) is 0 Å². The van der Waals surface area contributed by atoms with Gasteiger partial charge in [0.15, 0.2) is 0 Å². The lowest BCUT2D eigenvalue weighted by Gasteiger charge is -2.14. The van der Waals surface area contributed by atoms with Crippen molar-refractivity contribution in [3.8, 4) is 16.9 Å². The van der Waals surface area contributed by atoms with Crippen molar-refractivity contribution in [2.75, 3.05) is 12.9 Å². The second-order valence-corrected chi connectivity index (χ2v) is 10.2. The molecule has 160 valence electrons. The van der Waals surface area contributed by atoms with Gasteiger partial charge in [0, 0.05) is 23.0 Å². The van der Waals surface area contributed by atoms with Crippen LogP contribution in [0.3, 0.4) is 0 Å². The van der Waals surface area contributed by atoms with Gasteiger partial charge in [0.25, 0.3) is 0 Å². The molecule has 0 amide bonds. The van der Waals surface area contributed by atoms with E-state index >= 15 is 0 Å². The van der Waals surface area contributed by atoms with E-state index in [1.54, 1.807) is 24.3 Å². The maximum atomic E-state index is 14.4. The lowest BCUT2D eigenvalue weighted by Crippen LogP contribution is -2.06. The van der Waals surface area contributed by atoms with E-state index in [-0.39, 0.29) is 11.4 Å². The Morgan fingerprint density at radius 3 is 2.77 bits per heavy atom. The molecule has 0 radical (unpaired) electrons. The minimum Gasteiger partial charge on any atom is -0.465 e. The number of allylic oxidation sites excluding steroid dienone is 1. The number of ether oxygens (including phenoxy) is 2. The summed E-state index contributed by atoms with van der Waals surface area (Å²) >= 11 is 0. The first-order chi connectivity index (χ1) is 14.5. The van der Waals surface area contributed by atoms with Gasteiger partial charge in [0.2, 0.25) is 0 Å². The summed E-state index contributed by atoms with van der Waals surface area (Å²) in [6, 6.07) is 10.1. The standard InChI is InChI=1S/C24H27FO3S2/c1-16-8-10-20(22(25)14-16)18-9-11-23(21(15-18)24(26)27-3)28-17(2)6-4-5-7-19-12-13-29-30-19/h8-11,14-15,19H,2,4-7,12-13H2,1,3H3. The third-order valence-corrected chi connectivity index (χ3v) is 8.04. The fourth-order valence-electron chi connectivity index (χ4n) is 3.38. The first-order valence-electron chi connectivity index (χ1n) is 10.1. The zero-order valence-corrected chi connectivity index (χ0v) is 19.0. The largest absolute Gasteiger partial charge is 0.465 e. The quantitative estimate of drug-likeness (QED) is 0.176. The third-order valence-electron chi connectivity index (χ3n) is 5.03. The van der Waals surface area contributed by atoms with Crippen LogP contribution in [0.4, 0.5) is 4.39 Å². The lowest BCUT2D eigenvalue weighted by molar-refractivity contribution is 0.0597. The average molecular weight is 447 g/mol. The SMILES string of the molecule is C=C(CCCCC1CCSS1)Oc1ccc(-c2ccc(C)cc2F)cc1C(=O)OC. The van der Waals surface area contributed by atoms with E-state index in [1.807, 2.05) is 34.6 Å². The molecule has 1 heterocycles. The molecule has 1 fully saturated rings. The minimum absolute atomic E-state index is 0.260. The number of carbonyl (C=O) groups is 1. The molecular formula is C24H27FO3S2. The van der Waals surface area contributed by atoms with Gasteiger partial charge < -0.3 is 9.47 Å². The first-order valence-corrected chi connectivity index (χ1v) is 12.5. The van der Waals surface area contributed by atoms with Crippen LogP contribution in [0.1, 0.15) is 48.0 Å². The molecule has 1 unspecified atom stereocenters. The number of hydrogen-bond donors (Lipinski definition) is 0. The molecule has 6 heteroatoms. The Hall–Kier alpha value is -1.92. The van der Waals surface area contributed by atoms with E-state index in [1.165, 1.54) is 31.8 Å². The van der Waals surface area contributed by atoms with Crippen LogP contribution in [0.2, 0.25) is 0 Å². The highest BCUT2D eigenvalue weighted by molar-refractivity contribution is 8.77. The van der Waals surface area contributed by atoms with E-state index in [0.717, 1.165) is 30.1 Å². The summed E-state index contributed by atoms with van der Waals surface area (Å²) in [5.41, 5.74) is 2.12. The highest BCUT2D eigenvalue weighted by Crippen LogP contribution is 2.40. The van der Waals surface area contributed by atoms with E-state index in [0.29, 0.717) is 22.6 Å². The molecule has 1 aliphatic heterocycles. The van der Waals surface area contributed by atoms with Crippen molar-refractivity contribution in [2.24, 2.45) is 0 Å². The Balaban J connectivity index is 1.67. The highest BCUT2D eigenvalue weighted by Gasteiger charge is 2.18. The van der Waals surface area contributed by atoms with Crippen molar-refractivity contribution in [3.05, 3.63) is 65.7 Å². The monoisotopic (exact) mass is 446 g/mol. The molecule has 3 nitrogen and oxygen atoms in total. The number of aryl methyl sites for hydroxylation is 1. The zero-order valence-electron chi connectivity index (χ0n) is 17.4. The summed E-state index contributed by atoms with van der Waals surface area (Å²) in [5.74, 6) is 1.39. The molecule has 1 atom stereocenters. The average Bonchev–Trinajstić information content (AvgIpc) is 3.25. The van der Waals surface area contributed by atoms with Gasteiger partial charge in [-0.05, 0) is 55.5 Å². The van der Waals surface area contributed by atoms with Gasteiger partial charge in [-0.1, -0.05) is 52.8 Å². The maximum Gasteiger partial charge on any atom is 0.341 e. The molecule has 0 spiro atoms. The van der Waals surface area contributed by atoms with E-state index in [4.69, 9.17) is 9.47 Å². The smallest absolute Gasteiger partial charge is 0.341 e. The molecule has 0 N–H and O–H groups in total. The minimum atomic E-state index is -0.525. The number of hydrogen-bond acceptors (Lipinski definition) is 5. The van der Waals surface area contributed by atoms with Crippen LogP contribution in [0.15, 0.2) is 48.7 Å². The molecule has 3 rings (SSSR count). The van der Waals surface area contributed by atoms with Crippen LogP contribution >= 0.6 is 21.6 Å². The highest BCUT2D eigenvalue weighted by atomic mass is 33.1. The Kier molecular flexibility index (Phi) is 8.28. The molecule has 2 aromatic rings. The number of methoxy groups -OCH3 is 1. The number of unbranched alkanes of at least 4 members (excludes halogenated alkanes) is 1. The van der Waals surface area contributed by atoms with E-state index < -0.39 is 5.97 Å². The summed E-state index contributed by atoms with van der Waals surface area (Å²) in [5, 5.41) is 0.768. The third kappa shape index (κ3) is 6.05. The first kappa shape index (κ1) is 22.8. The van der Waals surface area contributed by atoms with Crippen molar-refractivity contribution < 1.29 is 18.7 Å². The molecule has 1 aliphatic rings. The topological polar surface area (TPSA) is 35.5 Å². The fourth-order valence-corrected chi connectivity index (χ4v) is 6.40. The van der Waals surface area contributed by atoms with Crippen molar-refractivity contribution in [1.29, 1.82) is 0 Å². The Bertz CT molecular complexity index is 907. The van der Waals surface area contributed by atoms with E-state index in [2.05, 4.69) is 6.58 Å². The summed E-state index contributed by atoms with van der Waals surface area (Å²) in [4.78, 5) is 12.3. The van der Waals surface area contributed by atoms with Gasteiger partial charge in [0.1, 0.15) is 17.1 Å². The van der Waals surface area contributed by atoms with Crippen molar-refractivity contribution in [1.82, 2.24) is 0 Å². The Morgan fingerprint density at radius 2 is 2.07 bits per heavy atom. The zero-order chi connectivity index (χ0) is 21.5. The van der Waals surface area contributed by atoms with Crippen LogP contribution in [-0.4, -0.2) is 24.1 Å². The van der Waals surface area contributed by atoms with Gasteiger partial charge in [-0.25, -0.2) is 9.18 Å². The summed E-state index contributed by atoms with van der Waals surface area (Å²) in [6.45, 7) is 5.84. The molecular weight excluding hydrogens is 419 g/mol. The molecule has 1 saturated heterocycles. The maximum absolute atomic E-state index is 14.4. The summed E-state index contributed by atoms with van der Waals surface area (Å²) in [6.07, 6.45) is 5.38. The van der Waals surface area contributed by atoms with Crippen molar-refractivity contribution in [2.45, 2.75) is 44.3 Å². The van der Waals surface area contributed by atoms with Gasteiger partial charge in [0.05, 0.1) is 12.9 Å². The number of esters is 1. The molecule has 0 saturated carbocycles. The summed E-state index contributed by atoms with van der Waals surface area (Å²) < 4.78 is 25.2. The molecule has 0 aliphatic carbocycles. The molecule has 2 aromatic carbocycles. The fraction of sp³-hybridized carbons (Fsp3) is 0.375. The predicted octanol–water partition coefficient (Wildman–Crippen LogP) is 7.19. The van der Waals surface area contributed by atoms with Gasteiger partial charge in [-0.2, -0.15) is 0 Å². The predicted molar refractivity (Wildman–Crippen MR) is 125 cm³/mol. The second-order valence-electron chi connectivity index (χ2n) is 7.40. The van der Waals surface area contributed by atoms with Crippen molar-refractivity contribution in [3.63, 3.8) is 0 Å². The molecule has 0 bridgehead atoms. The Morgan fingerprint density at radius 1 is 1.23 bits per heavy atom. The number of rotatable bonds is 9. The molecule has 0 aromatic heterocycles. The van der Waals surface area contributed by atoms with Crippen LogP contribution < -0.4 is 4.74 Å². The number of benzene rings is 2. The normalized spacial score (nSPS) is 15.8. The number of halogens is 1. The Labute approximate surface area is 185 Å². The van der Waals surface area contributed by atoms with Gasteiger partial charge in [-0.3, -0.25) is 0 Å². The second kappa shape index (κ2) is 10.9. The van der Waals surface area contributed by atoms with Crippen LogP contribution in [-0.2, 0) is 4.74 Å². The van der Waals surface area contributed by atoms with Crippen LogP contribution in [0.25, 0.3) is 11.1 Å². The van der Waals surface area contributed by atoms with Crippen molar-refractivity contribution >= 4 is 27.6 Å². The number of carbonyl (C=O) groups excluding carboxylic acids is 1. The summed E-state index contributed by atoms with van der Waals surface area (Å²) in [7, 11) is 5.28. The van der Waals surface area contributed by atoms with E-state index in [9.17, 15) is 9.18 Å². The van der Waals surface area contributed by atoms with Crippen LogP contribution in [0.5, 0.6) is 5.75 Å². The molecule has 30 heavy (non-hydrogen) atoms. The van der Waals surface area contributed by atoms with Gasteiger partial charge >= 0.3 is 5.97 Å². The van der Waals surface area contributed by atoms with Crippen LogP contribution in [0, 0.1) is 12.7 Å². The lowest BCUT2D eigenvalue weighted by atomic mass is 10.0.